The minimum Gasteiger partial charge on any atom is -0.396 e. The van der Waals surface area contributed by atoms with E-state index >= 15 is 0 Å². The van der Waals surface area contributed by atoms with Crippen LogP contribution in [0.5, 0.6) is 0 Å². The molecule has 0 bridgehead atoms. The van der Waals surface area contributed by atoms with E-state index in [1.807, 2.05) is 7.05 Å². The van der Waals surface area contributed by atoms with Crippen LogP contribution in [0.2, 0.25) is 0 Å². The molecule has 0 spiro atoms. The summed E-state index contributed by atoms with van der Waals surface area (Å²) in [6.07, 6.45) is 15.0. The van der Waals surface area contributed by atoms with Crippen LogP contribution >= 0.6 is 0 Å². The smallest absolute Gasteiger partial charge is 0.0433 e. The third kappa shape index (κ3) is 14.3. The highest BCUT2D eigenvalue weighted by Crippen LogP contribution is 2.18. The number of aliphatic hydroxyl groups is 2. The normalized spacial score (nSPS) is 11.4. The highest BCUT2D eigenvalue weighted by Gasteiger charge is 2.06. The van der Waals surface area contributed by atoms with Crippen molar-refractivity contribution in [2.75, 3.05) is 26.8 Å². The van der Waals surface area contributed by atoms with Crippen LogP contribution in [0.15, 0.2) is 0 Å². The van der Waals surface area contributed by atoms with E-state index in [1.54, 1.807) is 0 Å². The Balaban J connectivity index is 3.18. The van der Waals surface area contributed by atoms with Gasteiger partial charge in [-0.05, 0) is 38.8 Å². The SMILES string of the molecule is CNCCCCCCCCCCCC(CCO)CCO. The Labute approximate surface area is 126 Å². The third-order valence-corrected chi connectivity index (χ3v) is 4.11. The van der Waals surface area contributed by atoms with E-state index in [2.05, 4.69) is 5.32 Å². The average Bonchev–Trinajstić information content (AvgIpc) is 2.45. The molecule has 0 radical (unpaired) electrons. The van der Waals surface area contributed by atoms with Crippen LogP contribution in [0, 0.1) is 5.92 Å². The first-order chi connectivity index (χ1) is 9.85. The molecule has 0 saturated carbocycles. The maximum atomic E-state index is 8.95. The molecular formula is C17H37NO2. The van der Waals surface area contributed by atoms with Crippen LogP contribution in [-0.2, 0) is 0 Å². The van der Waals surface area contributed by atoms with Crippen LogP contribution in [0.1, 0.15) is 77.0 Å². The first-order valence-electron chi connectivity index (χ1n) is 8.71. The second-order valence-electron chi connectivity index (χ2n) is 5.96. The molecule has 0 aromatic heterocycles. The van der Waals surface area contributed by atoms with Crippen molar-refractivity contribution in [1.29, 1.82) is 0 Å². The Morgan fingerprint density at radius 2 is 1.10 bits per heavy atom. The summed E-state index contributed by atoms with van der Waals surface area (Å²) in [7, 11) is 2.02. The number of hydrogen-bond donors (Lipinski definition) is 3. The fourth-order valence-corrected chi connectivity index (χ4v) is 2.77. The van der Waals surface area contributed by atoms with Crippen LogP contribution in [-0.4, -0.2) is 37.0 Å². The Bertz CT molecular complexity index is 170. The van der Waals surface area contributed by atoms with E-state index in [-0.39, 0.29) is 13.2 Å². The van der Waals surface area contributed by atoms with Crippen LogP contribution in [0.3, 0.4) is 0 Å². The summed E-state index contributed by atoms with van der Waals surface area (Å²) in [4.78, 5) is 0. The van der Waals surface area contributed by atoms with Gasteiger partial charge in [-0.1, -0.05) is 57.8 Å². The number of unbranched alkanes of at least 4 members (excludes halogenated alkanes) is 8. The highest BCUT2D eigenvalue weighted by molar-refractivity contribution is 4.59. The zero-order chi connectivity index (χ0) is 14.9. The lowest BCUT2D eigenvalue weighted by Crippen LogP contribution is -2.06. The van der Waals surface area contributed by atoms with E-state index in [1.165, 1.54) is 64.2 Å². The molecule has 0 aliphatic carbocycles. The van der Waals surface area contributed by atoms with E-state index in [4.69, 9.17) is 10.2 Å². The first-order valence-corrected chi connectivity index (χ1v) is 8.71. The molecule has 20 heavy (non-hydrogen) atoms. The van der Waals surface area contributed by atoms with Crippen molar-refractivity contribution < 1.29 is 10.2 Å². The molecule has 0 aromatic carbocycles. The van der Waals surface area contributed by atoms with Gasteiger partial charge in [-0.3, -0.25) is 0 Å². The first kappa shape index (κ1) is 19.9. The molecule has 0 aromatic rings. The Morgan fingerprint density at radius 3 is 1.55 bits per heavy atom. The molecule has 3 heteroatoms. The Kier molecular flexibility index (Phi) is 16.8. The summed E-state index contributed by atoms with van der Waals surface area (Å²) in [5.41, 5.74) is 0. The highest BCUT2D eigenvalue weighted by atomic mass is 16.3. The lowest BCUT2D eigenvalue weighted by Gasteiger charge is -2.13. The van der Waals surface area contributed by atoms with Gasteiger partial charge < -0.3 is 15.5 Å². The van der Waals surface area contributed by atoms with Gasteiger partial charge in [-0.2, -0.15) is 0 Å². The second kappa shape index (κ2) is 16.9. The fraction of sp³-hybridized carbons (Fsp3) is 1.00. The maximum absolute atomic E-state index is 8.95. The van der Waals surface area contributed by atoms with Crippen LogP contribution in [0.4, 0.5) is 0 Å². The van der Waals surface area contributed by atoms with Gasteiger partial charge in [-0.15, -0.1) is 0 Å². The van der Waals surface area contributed by atoms with Crippen molar-refractivity contribution >= 4 is 0 Å². The van der Waals surface area contributed by atoms with Crippen molar-refractivity contribution in [3.05, 3.63) is 0 Å². The minimum atomic E-state index is 0.262. The van der Waals surface area contributed by atoms with Crippen molar-refractivity contribution in [3.63, 3.8) is 0 Å². The molecule has 0 aliphatic heterocycles. The van der Waals surface area contributed by atoms with Gasteiger partial charge >= 0.3 is 0 Å². The van der Waals surface area contributed by atoms with Gasteiger partial charge in [0.25, 0.3) is 0 Å². The minimum absolute atomic E-state index is 0.262. The van der Waals surface area contributed by atoms with Crippen molar-refractivity contribution in [2.24, 2.45) is 5.92 Å². The quantitative estimate of drug-likeness (QED) is 0.381. The lowest BCUT2D eigenvalue weighted by molar-refractivity contribution is 0.207. The Hall–Kier alpha value is -0.120. The van der Waals surface area contributed by atoms with Gasteiger partial charge in [0.05, 0.1) is 0 Å². The molecule has 122 valence electrons. The van der Waals surface area contributed by atoms with Crippen LogP contribution in [0.25, 0.3) is 0 Å². The van der Waals surface area contributed by atoms with Crippen molar-refractivity contribution in [3.8, 4) is 0 Å². The number of aliphatic hydroxyl groups excluding tert-OH is 2. The standard InChI is InChI=1S/C17H37NO2/c1-18-14-10-8-6-4-2-3-5-7-9-11-17(12-15-19)13-16-20/h17-20H,2-16H2,1H3. The fourth-order valence-electron chi connectivity index (χ4n) is 2.77. The number of nitrogens with one attached hydrogen (secondary N) is 1. The maximum Gasteiger partial charge on any atom is 0.0433 e. The van der Waals surface area contributed by atoms with Gasteiger partial charge in [0.2, 0.25) is 0 Å². The molecular weight excluding hydrogens is 250 g/mol. The topological polar surface area (TPSA) is 52.5 Å². The molecule has 0 aliphatic rings. The summed E-state index contributed by atoms with van der Waals surface area (Å²) in [6.45, 7) is 1.68. The van der Waals surface area contributed by atoms with Crippen molar-refractivity contribution in [1.82, 2.24) is 5.32 Å². The molecule has 3 nitrogen and oxygen atoms in total. The molecule has 0 heterocycles. The zero-order valence-electron chi connectivity index (χ0n) is 13.6. The monoisotopic (exact) mass is 287 g/mol. The van der Waals surface area contributed by atoms with Crippen LogP contribution < -0.4 is 5.32 Å². The van der Waals surface area contributed by atoms with Crippen molar-refractivity contribution in [2.45, 2.75) is 77.0 Å². The molecule has 0 rings (SSSR count). The summed E-state index contributed by atoms with van der Waals surface area (Å²) < 4.78 is 0. The molecule has 0 fully saturated rings. The summed E-state index contributed by atoms with van der Waals surface area (Å²) in [6, 6.07) is 0. The average molecular weight is 287 g/mol. The molecule has 3 N–H and O–H groups in total. The van der Waals surface area contributed by atoms with E-state index < -0.39 is 0 Å². The zero-order valence-corrected chi connectivity index (χ0v) is 13.6. The van der Waals surface area contributed by atoms with Gasteiger partial charge in [0.1, 0.15) is 0 Å². The van der Waals surface area contributed by atoms with E-state index in [0.717, 1.165) is 19.4 Å². The molecule has 0 amide bonds. The molecule has 0 saturated heterocycles. The number of hydrogen-bond acceptors (Lipinski definition) is 3. The third-order valence-electron chi connectivity index (χ3n) is 4.11. The lowest BCUT2D eigenvalue weighted by atomic mass is 9.94. The predicted molar refractivity (Wildman–Crippen MR) is 87.0 cm³/mol. The molecule has 0 atom stereocenters. The second-order valence-corrected chi connectivity index (χ2v) is 5.96. The van der Waals surface area contributed by atoms with Gasteiger partial charge in [0.15, 0.2) is 0 Å². The summed E-state index contributed by atoms with van der Waals surface area (Å²) >= 11 is 0. The largest absolute Gasteiger partial charge is 0.396 e. The Morgan fingerprint density at radius 1 is 0.650 bits per heavy atom. The molecule has 0 unspecified atom stereocenters. The predicted octanol–water partition coefficient (Wildman–Crippen LogP) is 3.49. The van der Waals surface area contributed by atoms with Gasteiger partial charge in [0, 0.05) is 13.2 Å². The van der Waals surface area contributed by atoms with Gasteiger partial charge in [-0.25, -0.2) is 0 Å². The van der Waals surface area contributed by atoms with E-state index in [0.29, 0.717) is 5.92 Å². The summed E-state index contributed by atoms with van der Waals surface area (Å²) in [5, 5.41) is 21.1. The number of rotatable bonds is 16. The summed E-state index contributed by atoms with van der Waals surface area (Å²) in [5.74, 6) is 0.525. The van der Waals surface area contributed by atoms with E-state index in [9.17, 15) is 0 Å².